The third-order valence-corrected chi connectivity index (χ3v) is 13.0. The lowest BCUT2D eigenvalue weighted by Crippen LogP contribution is -2.78. The Balaban J connectivity index is 1.88. The van der Waals surface area contributed by atoms with E-state index < -0.39 is 13.8 Å². The van der Waals surface area contributed by atoms with E-state index in [-0.39, 0.29) is 23.7 Å². The molecular formula is C33H33N3O2Si. The Morgan fingerprint density at radius 3 is 1.46 bits per heavy atom. The first kappa shape index (κ1) is 26.3. The van der Waals surface area contributed by atoms with Crippen molar-refractivity contribution in [1.29, 1.82) is 0 Å². The number of hydrogen-bond acceptors (Lipinski definition) is 3. The molecule has 0 bridgehead atoms. The quantitative estimate of drug-likeness (QED) is 0.301. The molecule has 0 saturated heterocycles. The number of aromatic nitrogens is 3. The van der Waals surface area contributed by atoms with Gasteiger partial charge in [-0.1, -0.05) is 142 Å². The van der Waals surface area contributed by atoms with E-state index in [1.807, 2.05) is 97.1 Å². The Labute approximate surface area is 230 Å². The van der Waals surface area contributed by atoms with Crippen molar-refractivity contribution in [3.63, 3.8) is 0 Å². The summed E-state index contributed by atoms with van der Waals surface area (Å²) in [5.41, 5.74) is 1.12. The van der Waals surface area contributed by atoms with Gasteiger partial charge in [-0.15, -0.1) is 0 Å². The van der Waals surface area contributed by atoms with Crippen molar-refractivity contribution in [2.45, 2.75) is 38.9 Å². The zero-order valence-electron chi connectivity index (χ0n) is 22.6. The van der Waals surface area contributed by atoms with Crippen molar-refractivity contribution < 1.29 is 0 Å². The van der Waals surface area contributed by atoms with Gasteiger partial charge in [0.25, 0.3) is 5.56 Å². The Morgan fingerprint density at radius 1 is 0.615 bits per heavy atom. The Hall–Kier alpha value is -4.29. The largest absolute Gasteiger partial charge is 0.348 e. The molecule has 0 amide bonds. The van der Waals surface area contributed by atoms with Crippen LogP contribution >= 0.6 is 0 Å². The summed E-state index contributed by atoms with van der Waals surface area (Å²) < 4.78 is 2.86. The molecular weight excluding hydrogens is 498 g/mol. The van der Waals surface area contributed by atoms with Crippen LogP contribution in [0.3, 0.4) is 0 Å². The SMILES string of the molecule is CC(C)(C)[Si](c1ccccc1)(c1ccccc1)c1nn(Cc2ccccc2)c(=O)n(Cc2ccccc2)c1=O. The average Bonchev–Trinajstić information content (AvgIpc) is 2.95. The van der Waals surface area contributed by atoms with Crippen LogP contribution in [-0.4, -0.2) is 22.4 Å². The van der Waals surface area contributed by atoms with Crippen LogP contribution < -0.4 is 26.9 Å². The van der Waals surface area contributed by atoms with Crippen LogP contribution in [0.5, 0.6) is 0 Å². The van der Waals surface area contributed by atoms with Crippen LogP contribution in [0, 0.1) is 0 Å². The van der Waals surface area contributed by atoms with Crippen LogP contribution in [0.15, 0.2) is 131 Å². The highest BCUT2D eigenvalue weighted by molar-refractivity contribution is 7.12. The molecule has 0 atom stereocenters. The lowest BCUT2D eigenvalue weighted by atomic mass is 10.2. The number of nitrogens with zero attached hydrogens (tertiary/aromatic N) is 3. The smallest absolute Gasteiger partial charge is 0.267 e. The van der Waals surface area contributed by atoms with Crippen molar-refractivity contribution in [3.8, 4) is 0 Å². The molecule has 196 valence electrons. The summed E-state index contributed by atoms with van der Waals surface area (Å²) in [6.07, 6.45) is 0. The molecule has 0 saturated carbocycles. The maximum atomic E-state index is 14.6. The van der Waals surface area contributed by atoms with Crippen LogP contribution in [0.4, 0.5) is 0 Å². The lowest BCUT2D eigenvalue weighted by Gasteiger charge is -2.42. The summed E-state index contributed by atoms with van der Waals surface area (Å²) in [7, 11) is -3.09. The summed E-state index contributed by atoms with van der Waals surface area (Å²) in [5, 5.41) is 7.29. The van der Waals surface area contributed by atoms with Crippen molar-refractivity contribution in [2.24, 2.45) is 0 Å². The summed E-state index contributed by atoms with van der Waals surface area (Å²) >= 11 is 0. The molecule has 0 aliphatic heterocycles. The monoisotopic (exact) mass is 531 g/mol. The van der Waals surface area contributed by atoms with Crippen molar-refractivity contribution in [2.75, 3.05) is 0 Å². The fraction of sp³-hybridized carbons (Fsp3) is 0.182. The molecule has 1 heterocycles. The number of rotatable bonds is 7. The van der Waals surface area contributed by atoms with Crippen LogP contribution in [0.2, 0.25) is 5.04 Å². The molecule has 0 aliphatic carbocycles. The Morgan fingerprint density at radius 2 is 1.03 bits per heavy atom. The van der Waals surface area contributed by atoms with E-state index in [0.717, 1.165) is 21.5 Å². The van der Waals surface area contributed by atoms with E-state index >= 15 is 0 Å². The van der Waals surface area contributed by atoms with Gasteiger partial charge in [0.1, 0.15) is 5.32 Å². The Bertz CT molecular complexity index is 1620. The summed E-state index contributed by atoms with van der Waals surface area (Å²) in [6, 6.07) is 40.0. The highest BCUT2D eigenvalue weighted by Crippen LogP contribution is 2.34. The summed E-state index contributed by atoms with van der Waals surface area (Å²) in [6.45, 7) is 7.03. The zero-order valence-corrected chi connectivity index (χ0v) is 23.6. The van der Waals surface area contributed by atoms with E-state index in [4.69, 9.17) is 5.10 Å². The third-order valence-electron chi connectivity index (χ3n) is 7.37. The van der Waals surface area contributed by atoms with E-state index in [0.29, 0.717) is 5.32 Å². The van der Waals surface area contributed by atoms with Gasteiger partial charge in [0.05, 0.1) is 13.1 Å². The second-order valence-corrected chi connectivity index (χ2v) is 15.5. The molecule has 39 heavy (non-hydrogen) atoms. The van der Waals surface area contributed by atoms with Gasteiger partial charge in [-0.05, 0) is 26.5 Å². The molecule has 1 aromatic heterocycles. The molecule has 0 spiro atoms. The van der Waals surface area contributed by atoms with Gasteiger partial charge in [0, 0.05) is 0 Å². The molecule has 5 aromatic rings. The van der Waals surface area contributed by atoms with Gasteiger partial charge in [0.15, 0.2) is 8.07 Å². The zero-order chi connectivity index (χ0) is 27.5. The van der Waals surface area contributed by atoms with Gasteiger partial charge in [-0.25, -0.2) is 9.48 Å². The van der Waals surface area contributed by atoms with Gasteiger partial charge < -0.3 is 0 Å². The molecule has 4 aromatic carbocycles. The molecule has 5 rings (SSSR count). The van der Waals surface area contributed by atoms with Gasteiger partial charge >= 0.3 is 5.69 Å². The molecule has 6 heteroatoms. The minimum atomic E-state index is -3.09. The first-order valence-electron chi connectivity index (χ1n) is 13.2. The second kappa shape index (κ2) is 10.8. The fourth-order valence-electron chi connectivity index (χ4n) is 5.60. The molecule has 5 nitrogen and oxygen atoms in total. The number of benzene rings is 4. The van der Waals surface area contributed by atoms with Crippen LogP contribution in [-0.2, 0) is 13.1 Å². The topological polar surface area (TPSA) is 56.9 Å². The van der Waals surface area contributed by atoms with Crippen LogP contribution in [0.1, 0.15) is 31.9 Å². The lowest BCUT2D eigenvalue weighted by molar-refractivity contribution is 0.548. The maximum Gasteiger partial charge on any atom is 0.348 e. The third kappa shape index (κ3) is 4.95. The minimum absolute atomic E-state index is 0.182. The van der Waals surface area contributed by atoms with Crippen molar-refractivity contribution >= 4 is 23.8 Å². The molecule has 0 unspecified atom stereocenters. The van der Waals surface area contributed by atoms with E-state index in [9.17, 15) is 9.59 Å². The normalized spacial score (nSPS) is 11.9. The first-order valence-corrected chi connectivity index (χ1v) is 15.2. The predicted octanol–water partition coefficient (Wildman–Crippen LogP) is 3.77. The van der Waals surface area contributed by atoms with Crippen LogP contribution in [0.25, 0.3) is 0 Å². The van der Waals surface area contributed by atoms with Gasteiger partial charge in [-0.2, -0.15) is 5.10 Å². The van der Waals surface area contributed by atoms with Crippen molar-refractivity contribution in [1.82, 2.24) is 14.3 Å². The highest BCUT2D eigenvalue weighted by Gasteiger charge is 2.53. The second-order valence-electron chi connectivity index (χ2n) is 10.9. The number of hydrogen-bond donors (Lipinski definition) is 0. The Kier molecular flexibility index (Phi) is 7.31. The molecule has 0 radical (unpaired) electrons. The fourth-order valence-corrected chi connectivity index (χ4v) is 11.0. The predicted molar refractivity (Wildman–Crippen MR) is 161 cm³/mol. The molecule has 0 aliphatic rings. The molecule has 0 N–H and O–H groups in total. The minimum Gasteiger partial charge on any atom is -0.267 e. The summed E-state index contributed by atoms with van der Waals surface area (Å²) in [5.74, 6) is 0. The first-order chi connectivity index (χ1) is 18.8. The highest BCUT2D eigenvalue weighted by atomic mass is 28.3. The van der Waals surface area contributed by atoms with Gasteiger partial charge in [0.2, 0.25) is 0 Å². The average molecular weight is 532 g/mol. The van der Waals surface area contributed by atoms with E-state index in [1.54, 1.807) is 0 Å². The van der Waals surface area contributed by atoms with Gasteiger partial charge in [-0.3, -0.25) is 9.36 Å². The summed E-state index contributed by atoms with van der Waals surface area (Å²) in [4.78, 5) is 28.4. The standard InChI is InChI=1S/C33H33N3O2Si/c1-33(2,3)39(28-20-12-6-13-21-28,29-22-14-7-15-23-29)30-31(37)35(24-26-16-8-4-9-17-26)32(38)36(34-30)25-27-18-10-5-11-19-27/h4-23H,24-25H2,1-3H3. The van der Waals surface area contributed by atoms with E-state index in [2.05, 4.69) is 45.0 Å². The van der Waals surface area contributed by atoms with Crippen molar-refractivity contribution in [3.05, 3.63) is 153 Å². The van der Waals surface area contributed by atoms with E-state index in [1.165, 1.54) is 9.25 Å². The molecule has 0 fully saturated rings. The maximum absolute atomic E-state index is 14.6.